The summed E-state index contributed by atoms with van der Waals surface area (Å²) in [5.41, 5.74) is 0.677. The predicted octanol–water partition coefficient (Wildman–Crippen LogP) is 2.55. The van der Waals surface area contributed by atoms with E-state index < -0.39 is 6.10 Å². The van der Waals surface area contributed by atoms with Gasteiger partial charge in [0.1, 0.15) is 0 Å². The van der Waals surface area contributed by atoms with Crippen LogP contribution >= 0.6 is 23.2 Å². The van der Waals surface area contributed by atoms with Crippen molar-refractivity contribution in [3.63, 3.8) is 0 Å². The Morgan fingerprint density at radius 3 is 2.52 bits per heavy atom. The van der Waals surface area contributed by atoms with Crippen molar-refractivity contribution in [3.05, 3.63) is 33.8 Å². The summed E-state index contributed by atoms with van der Waals surface area (Å²) in [7, 11) is 0. The Kier molecular flexibility index (Phi) is 9.65. The average Bonchev–Trinajstić information content (AvgIpc) is 2.63. The zero-order chi connectivity index (χ0) is 19.6. The second-order valence-electron chi connectivity index (χ2n) is 6.84. The minimum absolute atomic E-state index is 0.320. The van der Waals surface area contributed by atoms with Crippen molar-refractivity contribution in [2.75, 3.05) is 52.5 Å². The molecule has 0 spiro atoms. The number of halogens is 2. The van der Waals surface area contributed by atoms with Gasteiger partial charge < -0.3 is 20.5 Å². The summed E-state index contributed by atoms with van der Waals surface area (Å²) in [5.74, 6) is 1.13. The fraction of sp³-hybridized carbons (Fsp3) is 0.632. The van der Waals surface area contributed by atoms with Crippen LogP contribution in [0.5, 0.6) is 0 Å². The Morgan fingerprint density at radius 1 is 1.22 bits per heavy atom. The number of nitrogens with one attached hydrogen (secondary N) is 2. The lowest BCUT2D eigenvalue weighted by Gasteiger charge is -2.28. The van der Waals surface area contributed by atoms with Gasteiger partial charge in [-0.05, 0) is 36.6 Å². The number of guanidine groups is 1. The quantitative estimate of drug-likeness (QED) is 0.448. The fourth-order valence-electron chi connectivity index (χ4n) is 2.95. The molecule has 0 radical (unpaired) electrons. The van der Waals surface area contributed by atoms with Crippen LogP contribution in [0.25, 0.3) is 0 Å². The van der Waals surface area contributed by atoms with E-state index in [2.05, 4.69) is 27.4 Å². The monoisotopic (exact) mass is 416 g/mol. The molecule has 1 heterocycles. The second-order valence-corrected chi connectivity index (χ2v) is 7.71. The number of morpholine rings is 1. The highest BCUT2D eigenvalue weighted by atomic mass is 35.5. The minimum atomic E-state index is -0.726. The van der Waals surface area contributed by atoms with Gasteiger partial charge in [0.05, 0.1) is 19.3 Å². The highest BCUT2D eigenvalue weighted by Crippen LogP contribution is 2.23. The van der Waals surface area contributed by atoms with E-state index in [1.165, 1.54) is 0 Å². The molecule has 2 rings (SSSR count). The molecule has 2 atom stereocenters. The van der Waals surface area contributed by atoms with Gasteiger partial charge in [-0.15, -0.1) is 0 Å². The molecule has 1 saturated heterocycles. The molecule has 1 aliphatic heterocycles. The van der Waals surface area contributed by atoms with Gasteiger partial charge in [-0.1, -0.05) is 30.1 Å². The molecule has 152 valence electrons. The van der Waals surface area contributed by atoms with E-state index in [9.17, 15) is 5.11 Å². The van der Waals surface area contributed by atoms with Gasteiger partial charge in [0.2, 0.25) is 0 Å². The molecule has 3 N–H and O–H groups in total. The van der Waals surface area contributed by atoms with E-state index in [0.717, 1.165) is 39.4 Å². The molecule has 1 aromatic carbocycles. The van der Waals surface area contributed by atoms with Gasteiger partial charge in [-0.25, -0.2) is 0 Å². The number of aliphatic imine (C=N–C) groups is 1. The standard InChI is InChI=1S/C19H30Cl2N4O2/c1-3-22-19(23-11-14(2)13-25-4-6-27-7-5-25)24-12-18(26)15-8-16(20)10-17(21)9-15/h8-10,14,18,26H,3-7,11-13H2,1-2H3,(H2,22,23,24). The van der Waals surface area contributed by atoms with E-state index in [1.807, 2.05) is 6.92 Å². The van der Waals surface area contributed by atoms with E-state index in [0.29, 0.717) is 40.6 Å². The topological polar surface area (TPSA) is 69.1 Å². The van der Waals surface area contributed by atoms with E-state index in [-0.39, 0.29) is 0 Å². The maximum atomic E-state index is 10.4. The van der Waals surface area contributed by atoms with Crippen molar-refractivity contribution >= 4 is 29.2 Å². The largest absolute Gasteiger partial charge is 0.387 e. The first kappa shape index (κ1) is 22.2. The molecule has 1 aromatic rings. The van der Waals surface area contributed by atoms with Crippen LogP contribution in [0.1, 0.15) is 25.5 Å². The molecular formula is C19H30Cl2N4O2. The molecule has 0 saturated carbocycles. The van der Waals surface area contributed by atoms with E-state index >= 15 is 0 Å². The van der Waals surface area contributed by atoms with Crippen LogP contribution in [0, 0.1) is 5.92 Å². The second kappa shape index (κ2) is 11.7. The van der Waals surface area contributed by atoms with Crippen molar-refractivity contribution in [1.82, 2.24) is 15.5 Å². The smallest absolute Gasteiger partial charge is 0.191 e. The van der Waals surface area contributed by atoms with Crippen LogP contribution in [0.15, 0.2) is 23.2 Å². The number of hydrogen-bond acceptors (Lipinski definition) is 4. The third-order valence-corrected chi connectivity index (χ3v) is 4.75. The van der Waals surface area contributed by atoms with Crippen molar-refractivity contribution in [3.8, 4) is 0 Å². The number of ether oxygens (including phenoxy) is 1. The summed E-state index contributed by atoms with van der Waals surface area (Å²) in [5, 5.41) is 17.8. The zero-order valence-corrected chi connectivity index (χ0v) is 17.6. The summed E-state index contributed by atoms with van der Waals surface area (Å²) in [6.45, 7) is 10.6. The first-order valence-electron chi connectivity index (χ1n) is 9.44. The Hall–Kier alpha value is -1.05. The summed E-state index contributed by atoms with van der Waals surface area (Å²) >= 11 is 12.0. The summed E-state index contributed by atoms with van der Waals surface area (Å²) in [4.78, 5) is 7.07. The van der Waals surface area contributed by atoms with E-state index in [4.69, 9.17) is 27.9 Å². The molecule has 6 nitrogen and oxygen atoms in total. The Balaban J connectivity index is 1.84. The number of rotatable bonds is 8. The van der Waals surface area contributed by atoms with Crippen LogP contribution < -0.4 is 10.6 Å². The molecule has 0 bridgehead atoms. The van der Waals surface area contributed by atoms with Crippen molar-refractivity contribution in [2.24, 2.45) is 10.9 Å². The van der Waals surface area contributed by atoms with Gasteiger partial charge in [0, 0.05) is 49.3 Å². The lowest BCUT2D eigenvalue weighted by molar-refractivity contribution is 0.0323. The Labute approximate surface area is 171 Å². The molecule has 0 aromatic heterocycles. The Bertz CT molecular complexity index is 589. The molecule has 27 heavy (non-hydrogen) atoms. The number of nitrogens with zero attached hydrogens (tertiary/aromatic N) is 2. The Morgan fingerprint density at radius 2 is 1.89 bits per heavy atom. The van der Waals surface area contributed by atoms with Crippen LogP contribution in [-0.2, 0) is 4.74 Å². The number of hydrogen-bond donors (Lipinski definition) is 3. The molecular weight excluding hydrogens is 387 g/mol. The SMILES string of the molecule is CCNC(=NCC(C)CN1CCOCC1)NCC(O)c1cc(Cl)cc(Cl)c1. The molecule has 2 unspecified atom stereocenters. The van der Waals surface area contributed by atoms with Crippen molar-refractivity contribution in [2.45, 2.75) is 20.0 Å². The third-order valence-electron chi connectivity index (χ3n) is 4.31. The summed E-state index contributed by atoms with van der Waals surface area (Å²) in [6.07, 6.45) is -0.726. The highest BCUT2D eigenvalue weighted by molar-refractivity contribution is 6.34. The van der Waals surface area contributed by atoms with Crippen LogP contribution in [0.3, 0.4) is 0 Å². The van der Waals surface area contributed by atoms with Crippen LogP contribution in [-0.4, -0.2) is 68.4 Å². The maximum Gasteiger partial charge on any atom is 0.191 e. The van der Waals surface area contributed by atoms with Gasteiger partial charge >= 0.3 is 0 Å². The zero-order valence-electron chi connectivity index (χ0n) is 16.0. The molecule has 1 aliphatic rings. The van der Waals surface area contributed by atoms with Gasteiger partial charge in [0.15, 0.2) is 5.96 Å². The number of aliphatic hydroxyl groups excluding tert-OH is 1. The van der Waals surface area contributed by atoms with Gasteiger partial charge in [0.25, 0.3) is 0 Å². The minimum Gasteiger partial charge on any atom is -0.387 e. The van der Waals surface area contributed by atoms with Crippen molar-refractivity contribution < 1.29 is 9.84 Å². The molecule has 0 aliphatic carbocycles. The first-order chi connectivity index (χ1) is 13.0. The van der Waals surface area contributed by atoms with E-state index in [1.54, 1.807) is 18.2 Å². The molecule has 0 amide bonds. The maximum absolute atomic E-state index is 10.4. The summed E-state index contributed by atoms with van der Waals surface area (Å²) < 4.78 is 5.39. The van der Waals surface area contributed by atoms with Crippen LogP contribution in [0.2, 0.25) is 10.0 Å². The summed E-state index contributed by atoms with van der Waals surface area (Å²) in [6, 6.07) is 5.08. The van der Waals surface area contributed by atoms with Gasteiger partial charge in [-0.2, -0.15) is 0 Å². The normalized spacial score (nSPS) is 18.2. The number of benzene rings is 1. The first-order valence-corrected chi connectivity index (χ1v) is 10.2. The average molecular weight is 417 g/mol. The number of aliphatic hydroxyl groups is 1. The van der Waals surface area contributed by atoms with Crippen LogP contribution in [0.4, 0.5) is 0 Å². The molecule has 1 fully saturated rings. The third kappa shape index (κ3) is 8.23. The van der Waals surface area contributed by atoms with Gasteiger partial charge in [-0.3, -0.25) is 9.89 Å². The van der Waals surface area contributed by atoms with Crippen molar-refractivity contribution in [1.29, 1.82) is 0 Å². The lowest BCUT2D eigenvalue weighted by Crippen LogP contribution is -2.41. The highest BCUT2D eigenvalue weighted by Gasteiger charge is 2.14. The lowest BCUT2D eigenvalue weighted by atomic mass is 10.1. The predicted molar refractivity (Wildman–Crippen MR) is 112 cm³/mol. The fourth-order valence-corrected chi connectivity index (χ4v) is 3.49. The molecule has 8 heteroatoms.